The van der Waals surface area contributed by atoms with Gasteiger partial charge in [0.15, 0.2) is 0 Å². The van der Waals surface area contributed by atoms with Crippen LogP contribution in [0.3, 0.4) is 0 Å². The van der Waals surface area contributed by atoms with Gasteiger partial charge in [-0.15, -0.1) is 0 Å². The molecule has 0 heterocycles. The van der Waals surface area contributed by atoms with Crippen LogP contribution in [0.25, 0.3) is 0 Å². The molecule has 142 valence electrons. The minimum Gasteiger partial charge on any atom is -0.377 e. The number of carbonyl (C=O) groups is 2. The van der Waals surface area contributed by atoms with Crippen molar-refractivity contribution in [3.8, 4) is 0 Å². The van der Waals surface area contributed by atoms with E-state index in [1.165, 1.54) is 18.2 Å². The number of amides is 2. The van der Waals surface area contributed by atoms with E-state index < -0.39 is 10.8 Å². The molecule has 8 heteroatoms. The van der Waals surface area contributed by atoms with Crippen molar-refractivity contribution in [1.82, 2.24) is 0 Å². The molecule has 0 bridgehead atoms. The molecule has 0 aliphatic heterocycles. The van der Waals surface area contributed by atoms with Crippen molar-refractivity contribution in [2.24, 2.45) is 5.92 Å². The summed E-state index contributed by atoms with van der Waals surface area (Å²) in [6, 6.07) is 10.8. The third-order valence-electron chi connectivity index (χ3n) is 3.85. The van der Waals surface area contributed by atoms with Crippen LogP contribution < -0.4 is 15.5 Å². The number of nitrogens with one attached hydrogen (secondary N) is 2. The lowest BCUT2D eigenvalue weighted by Gasteiger charge is -2.17. The van der Waals surface area contributed by atoms with Crippen molar-refractivity contribution >= 4 is 34.6 Å². The second-order valence-electron chi connectivity index (χ2n) is 6.53. The molecular formula is C19H22N4O4. The maximum atomic E-state index is 12.6. The highest BCUT2D eigenvalue weighted by Gasteiger charge is 2.18. The summed E-state index contributed by atoms with van der Waals surface area (Å²) in [5.74, 6) is -0.692. The lowest BCUT2D eigenvalue weighted by atomic mass is 10.1. The number of non-ortho nitro benzene ring substituents is 1. The summed E-state index contributed by atoms with van der Waals surface area (Å²) in [7, 11) is 3.51. The van der Waals surface area contributed by atoms with Gasteiger partial charge in [0.25, 0.3) is 11.6 Å². The highest BCUT2D eigenvalue weighted by molar-refractivity contribution is 6.08. The van der Waals surface area contributed by atoms with Gasteiger partial charge < -0.3 is 15.5 Å². The number of nitrogens with zero attached hydrogens (tertiary/aromatic N) is 2. The number of rotatable bonds is 6. The van der Waals surface area contributed by atoms with Gasteiger partial charge in [-0.2, -0.15) is 0 Å². The summed E-state index contributed by atoms with van der Waals surface area (Å²) in [4.78, 5) is 36.5. The zero-order valence-corrected chi connectivity index (χ0v) is 15.6. The first kappa shape index (κ1) is 19.9. The summed E-state index contributed by atoms with van der Waals surface area (Å²) >= 11 is 0. The Balaban J connectivity index is 2.20. The van der Waals surface area contributed by atoms with Crippen LogP contribution in [-0.4, -0.2) is 30.8 Å². The maximum absolute atomic E-state index is 12.6. The Morgan fingerprint density at radius 2 is 1.56 bits per heavy atom. The minimum atomic E-state index is -0.539. The van der Waals surface area contributed by atoms with E-state index in [0.29, 0.717) is 17.1 Å². The normalized spacial score (nSPS) is 10.4. The van der Waals surface area contributed by atoms with Crippen LogP contribution in [0.1, 0.15) is 24.2 Å². The molecule has 0 aliphatic carbocycles. The van der Waals surface area contributed by atoms with Gasteiger partial charge in [0, 0.05) is 49.2 Å². The van der Waals surface area contributed by atoms with Crippen LogP contribution in [0.4, 0.5) is 22.7 Å². The molecule has 0 fully saturated rings. The average molecular weight is 370 g/mol. The summed E-state index contributed by atoms with van der Waals surface area (Å²) in [6.07, 6.45) is 0. The first-order valence-electron chi connectivity index (χ1n) is 8.37. The molecule has 0 radical (unpaired) electrons. The lowest BCUT2D eigenvalue weighted by Crippen LogP contribution is -2.19. The largest absolute Gasteiger partial charge is 0.377 e. The number of carbonyl (C=O) groups excluding carboxylic acids is 2. The molecule has 0 aromatic heterocycles. The van der Waals surface area contributed by atoms with E-state index in [2.05, 4.69) is 10.6 Å². The summed E-state index contributed by atoms with van der Waals surface area (Å²) in [6.45, 7) is 3.59. The molecule has 2 amide bonds. The Morgan fingerprint density at radius 3 is 2.04 bits per heavy atom. The zero-order chi connectivity index (χ0) is 20.1. The molecule has 2 N–H and O–H groups in total. The standard InChI is InChI=1S/C19H22N4O4/c1-12(2)18(24)20-13-5-7-14(8-6-13)21-19(25)16-11-15(23(26)27)9-10-17(16)22(3)4/h5-12H,1-4H3,(H,20,24)(H,21,25). The number of nitro benzene ring substituents is 1. The van der Waals surface area contributed by atoms with Crippen LogP contribution in [-0.2, 0) is 4.79 Å². The van der Waals surface area contributed by atoms with Crippen LogP contribution >= 0.6 is 0 Å². The molecule has 8 nitrogen and oxygen atoms in total. The first-order chi connectivity index (χ1) is 12.7. The number of hydrogen-bond acceptors (Lipinski definition) is 5. The lowest BCUT2D eigenvalue weighted by molar-refractivity contribution is -0.384. The number of nitro groups is 1. The summed E-state index contributed by atoms with van der Waals surface area (Å²) in [5, 5.41) is 16.5. The van der Waals surface area contributed by atoms with E-state index in [9.17, 15) is 19.7 Å². The molecule has 0 saturated heterocycles. The minimum absolute atomic E-state index is 0.0981. The number of anilines is 3. The van der Waals surface area contributed by atoms with Crippen molar-refractivity contribution in [1.29, 1.82) is 0 Å². The second-order valence-corrected chi connectivity index (χ2v) is 6.53. The Morgan fingerprint density at radius 1 is 1.00 bits per heavy atom. The molecule has 0 aliphatic rings. The molecule has 0 atom stereocenters. The fraction of sp³-hybridized carbons (Fsp3) is 0.263. The monoisotopic (exact) mass is 370 g/mol. The van der Waals surface area contributed by atoms with Crippen LogP contribution in [0.5, 0.6) is 0 Å². The molecule has 27 heavy (non-hydrogen) atoms. The zero-order valence-electron chi connectivity index (χ0n) is 15.6. The topological polar surface area (TPSA) is 105 Å². The molecule has 0 spiro atoms. The highest BCUT2D eigenvalue weighted by Crippen LogP contribution is 2.25. The summed E-state index contributed by atoms with van der Waals surface area (Å²) < 4.78 is 0. The van der Waals surface area contributed by atoms with Crippen molar-refractivity contribution in [3.63, 3.8) is 0 Å². The molecule has 0 saturated carbocycles. The van der Waals surface area contributed by atoms with Gasteiger partial charge in [-0.25, -0.2) is 0 Å². The highest BCUT2D eigenvalue weighted by atomic mass is 16.6. The second kappa shape index (κ2) is 8.31. The fourth-order valence-electron chi connectivity index (χ4n) is 2.33. The van der Waals surface area contributed by atoms with Crippen LogP contribution in [0.15, 0.2) is 42.5 Å². The third kappa shape index (κ3) is 5.04. The van der Waals surface area contributed by atoms with E-state index in [0.717, 1.165) is 0 Å². The van der Waals surface area contributed by atoms with Gasteiger partial charge in [0.1, 0.15) is 0 Å². The molecule has 2 rings (SSSR count). The Hall–Kier alpha value is -3.42. The Bertz CT molecular complexity index is 861. The summed E-state index contributed by atoms with van der Waals surface area (Å²) in [5.41, 5.74) is 1.75. The molecule has 2 aromatic carbocycles. The first-order valence-corrected chi connectivity index (χ1v) is 8.37. The van der Waals surface area contributed by atoms with E-state index in [4.69, 9.17) is 0 Å². The number of benzene rings is 2. The molecular weight excluding hydrogens is 348 g/mol. The van der Waals surface area contributed by atoms with Crippen LogP contribution in [0.2, 0.25) is 0 Å². The number of hydrogen-bond donors (Lipinski definition) is 2. The van der Waals surface area contributed by atoms with Gasteiger partial charge >= 0.3 is 0 Å². The van der Waals surface area contributed by atoms with Crippen molar-refractivity contribution < 1.29 is 14.5 Å². The maximum Gasteiger partial charge on any atom is 0.270 e. The quantitative estimate of drug-likeness (QED) is 0.598. The fourth-order valence-corrected chi connectivity index (χ4v) is 2.33. The Kier molecular flexibility index (Phi) is 6.12. The van der Waals surface area contributed by atoms with Gasteiger partial charge in [0.05, 0.1) is 10.5 Å². The van der Waals surface area contributed by atoms with Gasteiger partial charge in [-0.3, -0.25) is 19.7 Å². The SMILES string of the molecule is CC(C)C(=O)Nc1ccc(NC(=O)c2cc([N+](=O)[O-])ccc2N(C)C)cc1. The molecule has 0 unspecified atom stereocenters. The van der Waals surface area contributed by atoms with Gasteiger partial charge in [0.2, 0.25) is 5.91 Å². The van der Waals surface area contributed by atoms with E-state index in [-0.39, 0.29) is 23.1 Å². The van der Waals surface area contributed by atoms with Gasteiger partial charge in [-0.1, -0.05) is 13.8 Å². The van der Waals surface area contributed by atoms with Crippen molar-refractivity contribution in [2.45, 2.75) is 13.8 Å². The third-order valence-corrected chi connectivity index (χ3v) is 3.85. The van der Waals surface area contributed by atoms with Crippen LogP contribution in [0, 0.1) is 16.0 Å². The van der Waals surface area contributed by atoms with Crippen molar-refractivity contribution in [2.75, 3.05) is 29.6 Å². The molecule has 2 aromatic rings. The average Bonchev–Trinajstić information content (AvgIpc) is 2.62. The van der Waals surface area contributed by atoms with Gasteiger partial charge in [-0.05, 0) is 30.3 Å². The smallest absolute Gasteiger partial charge is 0.270 e. The predicted molar refractivity (Wildman–Crippen MR) is 105 cm³/mol. The predicted octanol–water partition coefficient (Wildman–Crippen LogP) is 3.51. The van der Waals surface area contributed by atoms with E-state index in [1.807, 2.05) is 0 Å². The Labute approximate surface area is 157 Å². The van der Waals surface area contributed by atoms with E-state index >= 15 is 0 Å². The van der Waals surface area contributed by atoms with Crippen molar-refractivity contribution in [3.05, 3.63) is 58.1 Å². The van der Waals surface area contributed by atoms with E-state index in [1.54, 1.807) is 57.1 Å².